The van der Waals surface area contributed by atoms with E-state index in [9.17, 15) is 4.79 Å². The molecule has 92 valence electrons. The van der Waals surface area contributed by atoms with Crippen LogP contribution in [0.2, 0.25) is 0 Å². The quantitative estimate of drug-likeness (QED) is 0.783. The first-order valence-electron chi connectivity index (χ1n) is 6.54. The molecule has 0 bridgehead atoms. The highest BCUT2D eigenvalue weighted by Crippen LogP contribution is 2.39. The number of piperidine rings is 1. The molecule has 16 heavy (non-hydrogen) atoms. The van der Waals surface area contributed by atoms with Gasteiger partial charge >= 0.3 is 5.97 Å². The Labute approximate surface area is 97.8 Å². The molecule has 0 aromatic heterocycles. The lowest BCUT2D eigenvalue weighted by molar-refractivity contribution is -0.144. The van der Waals surface area contributed by atoms with Gasteiger partial charge in [-0.3, -0.25) is 4.79 Å². The number of hydrogen-bond acceptors (Lipinski definition) is 2. The summed E-state index contributed by atoms with van der Waals surface area (Å²) in [5.41, 5.74) is 0. The second-order valence-corrected chi connectivity index (χ2v) is 5.75. The van der Waals surface area contributed by atoms with Crippen LogP contribution in [0.15, 0.2) is 0 Å². The number of hydrogen-bond donors (Lipinski definition) is 1. The molecule has 1 saturated carbocycles. The first-order valence-corrected chi connectivity index (χ1v) is 6.54. The lowest BCUT2D eigenvalue weighted by Crippen LogP contribution is -2.46. The highest BCUT2D eigenvalue weighted by Gasteiger charge is 2.37. The van der Waals surface area contributed by atoms with Gasteiger partial charge in [0.2, 0.25) is 0 Å². The molecule has 0 radical (unpaired) electrons. The Bertz CT molecular complexity index is 265. The topological polar surface area (TPSA) is 40.5 Å². The van der Waals surface area contributed by atoms with E-state index in [0.29, 0.717) is 12.0 Å². The van der Waals surface area contributed by atoms with Gasteiger partial charge in [-0.15, -0.1) is 0 Å². The molecule has 0 spiro atoms. The van der Waals surface area contributed by atoms with Crippen molar-refractivity contribution in [1.82, 2.24) is 4.90 Å². The summed E-state index contributed by atoms with van der Waals surface area (Å²) in [7, 11) is 0. The standard InChI is InChI=1S/C13H23NO2/c1-9(2)14-6-5-10-3-4-11(13(15)16)7-12(10)8-14/h9-12H,3-8H2,1-2H3,(H,15,16). The number of carbonyl (C=O) groups is 1. The van der Waals surface area contributed by atoms with Crippen molar-refractivity contribution in [3.8, 4) is 0 Å². The Hall–Kier alpha value is -0.570. The predicted molar refractivity (Wildman–Crippen MR) is 63.3 cm³/mol. The molecule has 1 aliphatic heterocycles. The summed E-state index contributed by atoms with van der Waals surface area (Å²) < 4.78 is 0. The summed E-state index contributed by atoms with van der Waals surface area (Å²) in [6.07, 6.45) is 4.21. The van der Waals surface area contributed by atoms with Crippen LogP contribution in [0.1, 0.15) is 39.5 Å². The Morgan fingerprint density at radius 1 is 1.25 bits per heavy atom. The van der Waals surface area contributed by atoms with E-state index in [4.69, 9.17) is 5.11 Å². The largest absolute Gasteiger partial charge is 0.481 e. The van der Waals surface area contributed by atoms with Crippen molar-refractivity contribution < 1.29 is 9.90 Å². The Kier molecular flexibility index (Phi) is 3.53. The molecule has 3 heteroatoms. The Morgan fingerprint density at radius 3 is 2.62 bits per heavy atom. The third-order valence-corrected chi connectivity index (χ3v) is 4.48. The lowest BCUT2D eigenvalue weighted by atomic mass is 9.70. The smallest absolute Gasteiger partial charge is 0.306 e. The Balaban J connectivity index is 1.96. The van der Waals surface area contributed by atoms with Gasteiger partial charge in [-0.25, -0.2) is 0 Å². The van der Waals surface area contributed by atoms with E-state index in [1.54, 1.807) is 0 Å². The number of fused-ring (bicyclic) bond motifs is 1. The van der Waals surface area contributed by atoms with Crippen LogP contribution >= 0.6 is 0 Å². The molecule has 2 rings (SSSR count). The normalized spacial score (nSPS) is 36.1. The molecule has 0 amide bonds. The zero-order chi connectivity index (χ0) is 11.7. The number of likely N-dealkylation sites (tertiary alicyclic amines) is 1. The molecular weight excluding hydrogens is 202 g/mol. The fraction of sp³-hybridized carbons (Fsp3) is 0.923. The van der Waals surface area contributed by atoms with Crippen molar-refractivity contribution >= 4 is 5.97 Å². The zero-order valence-electron chi connectivity index (χ0n) is 10.4. The van der Waals surface area contributed by atoms with Gasteiger partial charge in [0, 0.05) is 12.6 Å². The maximum Gasteiger partial charge on any atom is 0.306 e. The molecule has 3 unspecified atom stereocenters. The van der Waals surface area contributed by atoms with Gasteiger partial charge in [-0.05, 0) is 57.9 Å². The van der Waals surface area contributed by atoms with Crippen molar-refractivity contribution in [2.75, 3.05) is 13.1 Å². The van der Waals surface area contributed by atoms with Crippen LogP contribution in [-0.2, 0) is 4.79 Å². The van der Waals surface area contributed by atoms with Gasteiger partial charge in [0.1, 0.15) is 0 Å². The SMILES string of the molecule is CC(C)N1CCC2CCC(C(=O)O)CC2C1. The first kappa shape index (κ1) is 11.9. The minimum Gasteiger partial charge on any atom is -0.481 e. The molecule has 1 saturated heterocycles. The van der Waals surface area contributed by atoms with Crippen molar-refractivity contribution in [2.24, 2.45) is 17.8 Å². The van der Waals surface area contributed by atoms with Crippen molar-refractivity contribution in [3.63, 3.8) is 0 Å². The van der Waals surface area contributed by atoms with Gasteiger partial charge < -0.3 is 10.0 Å². The number of nitrogens with zero attached hydrogens (tertiary/aromatic N) is 1. The second-order valence-electron chi connectivity index (χ2n) is 5.75. The fourth-order valence-corrected chi connectivity index (χ4v) is 3.35. The summed E-state index contributed by atoms with van der Waals surface area (Å²) in [6, 6.07) is 0.603. The Morgan fingerprint density at radius 2 is 2.00 bits per heavy atom. The molecular formula is C13H23NO2. The average Bonchev–Trinajstić information content (AvgIpc) is 2.27. The van der Waals surface area contributed by atoms with Gasteiger partial charge in [0.25, 0.3) is 0 Å². The molecule has 3 nitrogen and oxygen atoms in total. The van der Waals surface area contributed by atoms with Crippen LogP contribution in [0.3, 0.4) is 0 Å². The molecule has 0 aromatic rings. The van der Waals surface area contributed by atoms with Crippen molar-refractivity contribution in [1.29, 1.82) is 0 Å². The maximum atomic E-state index is 11.0. The maximum absolute atomic E-state index is 11.0. The zero-order valence-corrected chi connectivity index (χ0v) is 10.4. The van der Waals surface area contributed by atoms with E-state index in [0.717, 1.165) is 31.7 Å². The minimum absolute atomic E-state index is 0.0756. The molecule has 1 aliphatic carbocycles. The van der Waals surface area contributed by atoms with Crippen LogP contribution in [0.4, 0.5) is 0 Å². The fourth-order valence-electron chi connectivity index (χ4n) is 3.35. The molecule has 1 N–H and O–H groups in total. The van der Waals surface area contributed by atoms with E-state index in [1.165, 1.54) is 13.0 Å². The molecule has 1 heterocycles. The summed E-state index contributed by atoms with van der Waals surface area (Å²) in [5.74, 6) is 0.769. The number of rotatable bonds is 2. The minimum atomic E-state index is -0.583. The average molecular weight is 225 g/mol. The summed E-state index contributed by atoms with van der Waals surface area (Å²) in [4.78, 5) is 13.5. The highest BCUT2D eigenvalue weighted by molar-refractivity contribution is 5.70. The van der Waals surface area contributed by atoms with Gasteiger partial charge in [-0.1, -0.05) is 0 Å². The monoisotopic (exact) mass is 225 g/mol. The van der Waals surface area contributed by atoms with E-state index >= 15 is 0 Å². The van der Waals surface area contributed by atoms with E-state index in [1.807, 2.05) is 0 Å². The summed E-state index contributed by atoms with van der Waals surface area (Å²) >= 11 is 0. The second kappa shape index (κ2) is 4.74. The third-order valence-electron chi connectivity index (χ3n) is 4.48. The van der Waals surface area contributed by atoms with Crippen LogP contribution < -0.4 is 0 Å². The number of carboxylic acids is 1. The molecule has 2 aliphatic rings. The van der Waals surface area contributed by atoms with Crippen molar-refractivity contribution in [2.45, 2.75) is 45.6 Å². The van der Waals surface area contributed by atoms with Crippen molar-refractivity contribution in [3.05, 3.63) is 0 Å². The number of aliphatic carboxylic acids is 1. The van der Waals surface area contributed by atoms with E-state index in [-0.39, 0.29) is 5.92 Å². The third kappa shape index (κ3) is 2.40. The lowest BCUT2D eigenvalue weighted by Gasteiger charge is -2.44. The highest BCUT2D eigenvalue weighted by atomic mass is 16.4. The van der Waals surface area contributed by atoms with Crippen LogP contribution in [-0.4, -0.2) is 35.1 Å². The van der Waals surface area contributed by atoms with Gasteiger partial charge in [0.15, 0.2) is 0 Å². The summed E-state index contributed by atoms with van der Waals surface area (Å²) in [5, 5.41) is 9.09. The molecule has 3 atom stereocenters. The van der Waals surface area contributed by atoms with Crippen LogP contribution in [0, 0.1) is 17.8 Å². The molecule has 0 aromatic carbocycles. The molecule has 2 fully saturated rings. The van der Waals surface area contributed by atoms with Gasteiger partial charge in [0.05, 0.1) is 5.92 Å². The van der Waals surface area contributed by atoms with Gasteiger partial charge in [-0.2, -0.15) is 0 Å². The predicted octanol–water partition coefficient (Wildman–Crippen LogP) is 2.22. The van der Waals surface area contributed by atoms with Crippen LogP contribution in [0.25, 0.3) is 0 Å². The number of carboxylic acid groups (broad SMARTS) is 1. The van der Waals surface area contributed by atoms with E-state index < -0.39 is 5.97 Å². The first-order chi connectivity index (χ1) is 7.58. The van der Waals surface area contributed by atoms with Crippen LogP contribution in [0.5, 0.6) is 0 Å². The summed E-state index contributed by atoms with van der Waals surface area (Å²) in [6.45, 7) is 6.79. The van der Waals surface area contributed by atoms with E-state index in [2.05, 4.69) is 18.7 Å².